The number of fused-ring (bicyclic) bond motifs is 4. The molecule has 0 N–H and O–H groups in total. The molecule has 2 aliphatic heterocycles. The third kappa shape index (κ3) is 0.594. The molecule has 0 aromatic heterocycles. The van der Waals surface area contributed by atoms with Gasteiger partial charge in [-0.15, -0.1) is 0 Å². The topological polar surface area (TPSA) is 86.7 Å². The van der Waals surface area contributed by atoms with E-state index in [2.05, 4.69) is 9.47 Å². The molecule has 4 atom stereocenters. The number of carbonyl (C=O) groups excluding carboxylic acids is 4. The summed E-state index contributed by atoms with van der Waals surface area (Å²) in [5.41, 5.74) is -2.50. The molecule has 1 aliphatic carbocycles. The van der Waals surface area contributed by atoms with Gasteiger partial charge >= 0.3 is 23.9 Å². The first-order valence-electron chi connectivity index (χ1n) is 4.87. The van der Waals surface area contributed by atoms with E-state index in [-0.39, 0.29) is 0 Å². The number of ether oxygens (including phenoxy) is 2. The summed E-state index contributed by atoms with van der Waals surface area (Å²) in [6, 6.07) is 0. The number of rotatable bonds is 0. The zero-order valence-electron chi connectivity index (χ0n) is 8.60. The van der Waals surface area contributed by atoms with Gasteiger partial charge in [-0.3, -0.25) is 19.2 Å². The number of carbonyl (C=O) groups is 4. The van der Waals surface area contributed by atoms with E-state index in [9.17, 15) is 19.2 Å². The fourth-order valence-electron chi connectivity index (χ4n) is 3.16. The third-order valence-corrected chi connectivity index (χ3v) is 4.40. The second-order valence-electron chi connectivity index (χ2n) is 4.78. The van der Waals surface area contributed by atoms with E-state index in [4.69, 9.17) is 0 Å². The van der Waals surface area contributed by atoms with Crippen molar-refractivity contribution in [3.63, 3.8) is 0 Å². The van der Waals surface area contributed by atoms with E-state index in [0.29, 0.717) is 0 Å². The summed E-state index contributed by atoms with van der Waals surface area (Å²) in [4.78, 5) is 46.1. The first-order valence-corrected chi connectivity index (χ1v) is 4.87. The van der Waals surface area contributed by atoms with Gasteiger partial charge in [-0.25, -0.2) is 0 Å². The highest BCUT2D eigenvalue weighted by atomic mass is 16.6. The molecular weight excluding hydrogens is 216 g/mol. The van der Waals surface area contributed by atoms with Crippen molar-refractivity contribution >= 4 is 23.9 Å². The fraction of sp³-hybridized carbons (Fsp3) is 0.600. The van der Waals surface area contributed by atoms with Crippen molar-refractivity contribution in [3.8, 4) is 0 Å². The third-order valence-electron chi connectivity index (χ3n) is 4.40. The molecule has 6 heteroatoms. The minimum absolute atomic E-state index is 0.735. The standard InChI is InChI=1S/C10H8O6/c1-9-3-4(6(12)15-5(3)11)10(9,2)8(14)16-7(9)13/h3-4H,1-2H3/t3?,4?,9-,10?/m0/s1. The minimum atomic E-state index is -1.25. The molecule has 0 aromatic carbocycles. The average Bonchev–Trinajstić information content (AvgIpc) is 2.54. The van der Waals surface area contributed by atoms with E-state index in [1.807, 2.05) is 0 Å². The quantitative estimate of drug-likeness (QED) is 0.404. The Labute approximate surface area is 89.9 Å². The smallest absolute Gasteiger partial charge is 0.321 e. The zero-order chi connectivity index (χ0) is 11.9. The molecule has 2 saturated heterocycles. The lowest BCUT2D eigenvalue weighted by Gasteiger charge is -2.51. The van der Waals surface area contributed by atoms with Gasteiger partial charge in [0.1, 0.15) is 0 Å². The predicted octanol–water partition coefficient (Wildman–Crippen LogP) is -0.588. The Morgan fingerprint density at radius 1 is 0.812 bits per heavy atom. The molecule has 3 aliphatic rings. The van der Waals surface area contributed by atoms with Gasteiger partial charge in [0.05, 0.1) is 22.7 Å². The molecule has 3 unspecified atom stereocenters. The van der Waals surface area contributed by atoms with Crippen LogP contribution in [0.4, 0.5) is 0 Å². The number of hydrogen-bond acceptors (Lipinski definition) is 6. The van der Waals surface area contributed by atoms with Gasteiger partial charge < -0.3 is 9.47 Å². The highest BCUT2D eigenvalue weighted by molar-refractivity contribution is 6.14. The average molecular weight is 224 g/mol. The van der Waals surface area contributed by atoms with Crippen LogP contribution in [0.5, 0.6) is 0 Å². The maximum absolute atomic E-state index is 11.6. The van der Waals surface area contributed by atoms with Crippen LogP contribution in [0, 0.1) is 22.7 Å². The molecule has 2 heterocycles. The van der Waals surface area contributed by atoms with Crippen LogP contribution in [-0.2, 0) is 28.7 Å². The summed E-state index contributed by atoms with van der Waals surface area (Å²) < 4.78 is 9.02. The number of esters is 4. The summed E-state index contributed by atoms with van der Waals surface area (Å²) in [5, 5.41) is 0. The molecule has 0 radical (unpaired) electrons. The lowest BCUT2D eigenvalue weighted by Crippen LogP contribution is -2.65. The first-order chi connectivity index (χ1) is 7.35. The minimum Gasteiger partial charge on any atom is -0.393 e. The monoisotopic (exact) mass is 224 g/mol. The van der Waals surface area contributed by atoms with Crippen molar-refractivity contribution in [2.75, 3.05) is 0 Å². The zero-order valence-corrected chi connectivity index (χ0v) is 8.60. The SMILES string of the molecule is CC12C(=O)OC(=O)[C@]1(C)C1C(=O)OC(=O)C12. The van der Waals surface area contributed by atoms with Crippen molar-refractivity contribution < 1.29 is 28.7 Å². The second-order valence-corrected chi connectivity index (χ2v) is 4.78. The van der Waals surface area contributed by atoms with Crippen molar-refractivity contribution in [1.82, 2.24) is 0 Å². The Kier molecular flexibility index (Phi) is 1.30. The van der Waals surface area contributed by atoms with Crippen molar-refractivity contribution in [2.24, 2.45) is 22.7 Å². The molecule has 84 valence electrons. The second kappa shape index (κ2) is 2.18. The molecule has 0 bridgehead atoms. The van der Waals surface area contributed by atoms with Crippen LogP contribution < -0.4 is 0 Å². The maximum atomic E-state index is 11.6. The summed E-state index contributed by atoms with van der Waals surface area (Å²) in [6.45, 7) is 2.95. The molecular formula is C10H8O6. The molecule has 6 nitrogen and oxygen atoms in total. The first kappa shape index (κ1) is 9.50. The Morgan fingerprint density at radius 3 is 1.56 bits per heavy atom. The maximum Gasteiger partial charge on any atom is 0.321 e. The molecule has 3 rings (SSSR count). The van der Waals surface area contributed by atoms with E-state index in [1.165, 1.54) is 13.8 Å². The van der Waals surface area contributed by atoms with Gasteiger partial charge in [0.2, 0.25) is 0 Å². The van der Waals surface area contributed by atoms with Crippen molar-refractivity contribution in [3.05, 3.63) is 0 Å². The molecule has 3 fully saturated rings. The van der Waals surface area contributed by atoms with Gasteiger partial charge in [-0.2, -0.15) is 0 Å². The molecule has 16 heavy (non-hydrogen) atoms. The number of cyclic esters (lactones) is 4. The van der Waals surface area contributed by atoms with E-state index in [0.717, 1.165) is 0 Å². The van der Waals surface area contributed by atoms with Crippen LogP contribution in [0.15, 0.2) is 0 Å². The molecule has 1 saturated carbocycles. The van der Waals surface area contributed by atoms with Gasteiger partial charge in [0.25, 0.3) is 0 Å². The Balaban J connectivity index is 2.21. The van der Waals surface area contributed by atoms with E-state index < -0.39 is 46.5 Å². The summed E-state index contributed by atoms with van der Waals surface area (Å²) in [5.74, 6) is -4.70. The van der Waals surface area contributed by atoms with Crippen LogP contribution >= 0.6 is 0 Å². The van der Waals surface area contributed by atoms with Crippen LogP contribution in [0.2, 0.25) is 0 Å². The van der Waals surface area contributed by atoms with Crippen molar-refractivity contribution in [1.29, 1.82) is 0 Å². The lowest BCUT2D eigenvalue weighted by molar-refractivity contribution is -0.181. The Morgan fingerprint density at radius 2 is 1.19 bits per heavy atom. The predicted molar refractivity (Wildman–Crippen MR) is 45.4 cm³/mol. The molecule has 0 amide bonds. The van der Waals surface area contributed by atoms with Gasteiger partial charge in [-0.1, -0.05) is 0 Å². The molecule has 0 aromatic rings. The van der Waals surface area contributed by atoms with E-state index in [1.54, 1.807) is 0 Å². The Bertz CT molecular complexity index is 438. The van der Waals surface area contributed by atoms with Gasteiger partial charge in [0.15, 0.2) is 0 Å². The molecule has 0 spiro atoms. The van der Waals surface area contributed by atoms with Gasteiger partial charge in [-0.05, 0) is 13.8 Å². The highest BCUT2D eigenvalue weighted by Gasteiger charge is 2.86. The van der Waals surface area contributed by atoms with Crippen LogP contribution in [-0.4, -0.2) is 23.9 Å². The largest absolute Gasteiger partial charge is 0.393 e. The van der Waals surface area contributed by atoms with Crippen LogP contribution in [0.25, 0.3) is 0 Å². The highest BCUT2D eigenvalue weighted by Crippen LogP contribution is 2.70. The van der Waals surface area contributed by atoms with Crippen molar-refractivity contribution in [2.45, 2.75) is 13.8 Å². The summed E-state index contributed by atoms with van der Waals surface area (Å²) in [6.07, 6.45) is 0. The van der Waals surface area contributed by atoms with E-state index >= 15 is 0 Å². The number of hydrogen-bond donors (Lipinski definition) is 0. The summed E-state index contributed by atoms with van der Waals surface area (Å²) in [7, 11) is 0. The summed E-state index contributed by atoms with van der Waals surface area (Å²) >= 11 is 0. The lowest BCUT2D eigenvalue weighted by atomic mass is 9.41. The van der Waals surface area contributed by atoms with Crippen LogP contribution in [0.3, 0.4) is 0 Å². The Hall–Kier alpha value is -1.72. The normalized spacial score (nSPS) is 49.4. The fourth-order valence-corrected chi connectivity index (χ4v) is 3.16. The van der Waals surface area contributed by atoms with Gasteiger partial charge in [0, 0.05) is 0 Å². The van der Waals surface area contributed by atoms with Crippen LogP contribution in [0.1, 0.15) is 13.8 Å².